The Labute approximate surface area is 87.7 Å². The lowest BCUT2D eigenvalue weighted by Crippen LogP contribution is -2.27. The van der Waals surface area contributed by atoms with E-state index in [9.17, 15) is 9.90 Å². The zero-order valence-electron chi connectivity index (χ0n) is 9.88. The van der Waals surface area contributed by atoms with Crippen LogP contribution in [0.4, 0.5) is 0 Å². The van der Waals surface area contributed by atoms with E-state index in [1.54, 1.807) is 13.8 Å². The van der Waals surface area contributed by atoms with Crippen LogP contribution in [0.3, 0.4) is 0 Å². The van der Waals surface area contributed by atoms with Gasteiger partial charge in [0.15, 0.2) is 0 Å². The highest BCUT2D eigenvalue weighted by Gasteiger charge is 2.17. The number of hydrogen-bond donors (Lipinski definition) is 0. The number of carboxylic acids is 1. The van der Waals surface area contributed by atoms with Crippen molar-refractivity contribution in [3.8, 4) is 0 Å². The molecule has 1 fully saturated rings. The van der Waals surface area contributed by atoms with Gasteiger partial charge in [-0.1, -0.05) is 47.0 Å². The van der Waals surface area contributed by atoms with Gasteiger partial charge in [0.05, 0.1) is 0 Å². The smallest absolute Gasteiger partial charge is 0.0439 e. The predicted octanol–water partition coefficient (Wildman–Crippen LogP) is 2.22. The summed E-state index contributed by atoms with van der Waals surface area (Å²) in [6, 6.07) is 0. The molecule has 1 aliphatic carbocycles. The number of rotatable bonds is 3. The summed E-state index contributed by atoms with van der Waals surface area (Å²) in [7, 11) is 0. The molecule has 0 atom stereocenters. The van der Waals surface area contributed by atoms with Crippen LogP contribution in [-0.2, 0) is 4.79 Å². The molecule has 0 aromatic rings. The molecule has 1 aliphatic rings. The van der Waals surface area contributed by atoms with E-state index in [1.165, 1.54) is 25.7 Å². The molecule has 0 aromatic carbocycles. The van der Waals surface area contributed by atoms with Crippen molar-refractivity contribution in [1.82, 2.24) is 0 Å². The van der Waals surface area contributed by atoms with Gasteiger partial charge in [-0.15, -0.1) is 0 Å². The number of aliphatic carboxylic acids is 1. The second kappa shape index (κ2) is 6.86. The van der Waals surface area contributed by atoms with Crippen molar-refractivity contribution in [3.05, 3.63) is 0 Å². The molecule has 0 aromatic heterocycles. The Balaban J connectivity index is 0.000000255. The van der Waals surface area contributed by atoms with E-state index in [4.69, 9.17) is 0 Å². The van der Waals surface area contributed by atoms with Gasteiger partial charge in [0.25, 0.3) is 0 Å². The summed E-state index contributed by atoms with van der Waals surface area (Å²) in [6.07, 6.45) is 5.99. The van der Waals surface area contributed by atoms with E-state index in [0.29, 0.717) is 0 Å². The first-order chi connectivity index (χ1) is 6.43. The number of carbonyl (C=O) groups excluding carboxylic acids is 1. The molecule has 1 rings (SSSR count). The maximum Gasteiger partial charge on any atom is 0.0439 e. The zero-order valence-corrected chi connectivity index (χ0v) is 9.88. The van der Waals surface area contributed by atoms with Crippen molar-refractivity contribution >= 4 is 5.97 Å². The Kier molecular flexibility index (Phi) is 6.60. The normalized spacial score (nSPS) is 16.1. The Hall–Kier alpha value is -0.530. The minimum atomic E-state index is -0.991. The lowest BCUT2D eigenvalue weighted by Gasteiger charge is -2.26. The van der Waals surface area contributed by atoms with Crippen LogP contribution in [0.2, 0.25) is 0 Å². The van der Waals surface area contributed by atoms with Crippen LogP contribution in [-0.4, -0.2) is 5.97 Å². The standard InChI is InChI=1S/C8H16.C4H8O2/c1-7(2)6-8-4-3-5-8;1-3(2)4(5)6/h7-8H,3-6H2,1-2H3;3H,1-2H3,(H,5,6)/p-1. The number of carboxylic acid groups (broad SMARTS) is 1. The van der Waals surface area contributed by atoms with Gasteiger partial charge in [0.2, 0.25) is 0 Å². The first-order valence-corrected chi connectivity index (χ1v) is 5.64. The Morgan fingerprint density at radius 1 is 1.29 bits per heavy atom. The first kappa shape index (κ1) is 13.5. The van der Waals surface area contributed by atoms with Crippen molar-refractivity contribution in [2.45, 2.75) is 53.4 Å². The van der Waals surface area contributed by atoms with Gasteiger partial charge in [-0.25, -0.2) is 0 Å². The molecule has 1 saturated carbocycles. The van der Waals surface area contributed by atoms with Gasteiger partial charge in [0.1, 0.15) is 0 Å². The predicted molar refractivity (Wildman–Crippen MR) is 56.6 cm³/mol. The monoisotopic (exact) mass is 199 g/mol. The molecule has 0 aliphatic heterocycles. The molecule has 84 valence electrons. The molecule has 0 spiro atoms. The summed E-state index contributed by atoms with van der Waals surface area (Å²) >= 11 is 0. The van der Waals surface area contributed by atoms with Gasteiger partial charge in [0, 0.05) is 5.97 Å². The third-order valence-corrected chi connectivity index (χ3v) is 2.50. The summed E-state index contributed by atoms with van der Waals surface area (Å²) in [5, 5.41) is 9.59. The van der Waals surface area contributed by atoms with Crippen LogP contribution >= 0.6 is 0 Å². The van der Waals surface area contributed by atoms with Crippen molar-refractivity contribution in [2.24, 2.45) is 17.8 Å². The lowest BCUT2D eigenvalue weighted by atomic mass is 9.80. The molecule has 0 heterocycles. The minimum Gasteiger partial charge on any atom is -0.550 e. The summed E-state index contributed by atoms with van der Waals surface area (Å²) in [5.74, 6) is 0.704. The maximum atomic E-state index is 9.59. The Morgan fingerprint density at radius 2 is 1.71 bits per heavy atom. The van der Waals surface area contributed by atoms with E-state index in [2.05, 4.69) is 13.8 Å². The van der Waals surface area contributed by atoms with Crippen LogP contribution < -0.4 is 5.11 Å². The van der Waals surface area contributed by atoms with Gasteiger partial charge in [-0.05, 0) is 24.2 Å². The quantitative estimate of drug-likeness (QED) is 0.699. The second-order valence-electron chi connectivity index (χ2n) is 4.90. The van der Waals surface area contributed by atoms with Crippen molar-refractivity contribution in [3.63, 3.8) is 0 Å². The van der Waals surface area contributed by atoms with Crippen molar-refractivity contribution in [1.29, 1.82) is 0 Å². The fourth-order valence-electron chi connectivity index (χ4n) is 1.40. The third kappa shape index (κ3) is 6.93. The van der Waals surface area contributed by atoms with Crippen LogP contribution in [0.1, 0.15) is 53.4 Å². The van der Waals surface area contributed by atoms with Crippen molar-refractivity contribution in [2.75, 3.05) is 0 Å². The summed E-state index contributed by atoms with van der Waals surface area (Å²) in [5.41, 5.74) is 0. The fraction of sp³-hybridized carbons (Fsp3) is 0.917. The summed E-state index contributed by atoms with van der Waals surface area (Å²) < 4.78 is 0. The molecule has 0 bridgehead atoms. The largest absolute Gasteiger partial charge is 0.550 e. The van der Waals surface area contributed by atoms with E-state index >= 15 is 0 Å². The van der Waals surface area contributed by atoms with E-state index < -0.39 is 5.97 Å². The minimum absolute atomic E-state index is 0.343. The number of hydrogen-bond acceptors (Lipinski definition) is 2. The third-order valence-electron chi connectivity index (χ3n) is 2.50. The molecule has 14 heavy (non-hydrogen) atoms. The molecule has 0 amide bonds. The molecular formula is C12H23O2-. The molecular weight excluding hydrogens is 176 g/mol. The molecule has 0 saturated heterocycles. The molecule has 0 unspecified atom stereocenters. The Morgan fingerprint density at radius 3 is 1.79 bits per heavy atom. The summed E-state index contributed by atoms with van der Waals surface area (Å²) in [4.78, 5) is 9.59. The molecule has 0 radical (unpaired) electrons. The summed E-state index contributed by atoms with van der Waals surface area (Å²) in [6.45, 7) is 7.79. The number of carbonyl (C=O) groups is 1. The highest BCUT2D eigenvalue weighted by Crippen LogP contribution is 2.31. The Bertz CT molecular complexity index is 158. The molecule has 2 nitrogen and oxygen atoms in total. The van der Waals surface area contributed by atoms with Gasteiger partial charge < -0.3 is 9.90 Å². The van der Waals surface area contributed by atoms with Crippen LogP contribution in [0.5, 0.6) is 0 Å². The zero-order chi connectivity index (χ0) is 11.1. The van der Waals surface area contributed by atoms with E-state index in [1.807, 2.05) is 0 Å². The van der Waals surface area contributed by atoms with Gasteiger partial charge in [-0.3, -0.25) is 0 Å². The van der Waals surface area contributed by atoms with Crippen molar-refractivity contribution < 1.29 is 9.90 Å². The van der Waals surface area contributed by atoms with Crippen LogP contribution in [0.15, 0.2) is 0 Å². The topological polar surface area (TPSA) is 40.1 Å². The molecule has 0 N–H and O–H groups in total. The average Bonchev–Trinajstić information content (AvgIpc) is 1.98. The highest BCUT2D eigenvalue weighted by atomic mass is 16.4. The average molecular weight is 199 g/mol. The SMILES string of the molecule is CC(C)C(=O)[O-].CC(C)CC1CCC1. The fourth-order valence-corrected chi connectivity index (χ4v) is 1.40. The van der Waals surface area contributed by atoms with Gasteiger partial charge >= 0.3 is 0 Å². The van der Waals surface area contributed by atoms with Crippen LogP contribution in [0, 0.1) is 17.8 Å². The van der Waals surface area contributed by atoms with Crippen LogP contribution in [0.25, 0.3) is 0 Å². The second-order valence-corrected chi connectivity index (χ2v) is 4.90. The van der Waals surface area contributed by atoms with E-state index in [-0.39, 0.29) is 5.92 Å². The first-order valence-electron chi connectivity index (χ1n) is 5.64. The maximum absolute atomic E-state index is 9.59. The highest BCUT2D eigenvalue weighted by molar-refractivity contribution is 5.66. The van der Waals surface area contributed by atoms with E-state index in [0.717, 1.165) is 11.8 Å². The lowest BCUT2D eigenvalue weighted by molar-refractivity contribution is -0.310. The molecule has 2 heteroatoms. The van der Waals surface area contributed by atoms with Gasteiger partial charge in [-0.2, -0.15) is 0 Å².